The van der Waals surface area contributed by atoms with Crippen LogP contribution in [0, 0.1) is 5.92 Å². The predicted octanol–water partition coefficient (Wildman–Crippen LogP) is 0.331. The number of esters is 1. The third kappa shape index (κ3) is 4.59. The smallest absolute Gasteiger partial charge is 0.358 e. The van der Waals surface area contributed by atoms with E-state index in [0.717, 1.165) is 25.0 Å². The van der Waals surface area contributed by atoms with Crippen molar-refractivity contribution in [2.45, 2.75) is 19.8 Å². The number of rotatable bonds is 5. The Labute approximate surface area is 93.1 Å². The number of nitrogens with zero attached hydrogens (tertiary/aromatic N) is 1. The Bertz CT molecular complexity index is 332. The minimum atomic E-state index is -0.753. The maximum atomic E-state index is 11.0. The molecule has 0 unspecified atom stereocenters. The molecule has 0 bridgehead atoms. The Kier molecular flexibility index (Phi) is 4.50. The van der Waals surface area contributed by atoms with E-state index in [4.69, 9.17) is 5.73 Å². The predicted molar refractivity (Wildman–Crippen MR) is 56.2 cm³/mol. The average Bonchev–Trinajstić information content (AvgIpc) is 3.07. The van der Waals surface area contributed by atoms with E-state index in [0.29, 0.717) is 5.84 Å². The number of amidine groups is 1. The minimum Gasteiger partial charge on any atom is -0.463 e. The van der Waals surface area contributed by atoms with Gasteiger partial charge in [0.25, 0.3) is 0 Å². The van der Waals surface area contributed by atoms with Crippen LogP contribution in [0.3, 0.4) is 0 Å². The first-order valence-electron chi connectivity index (χ1n) is 5.02. The molecule has 1 aliphatic rings. The van der Waals surface area contributed by atoms with E-state index < -0.39 is 11.9 Å². The molecular weight excluding hydrogens is 212 g/mol. The Morgan fingerprint density at radius 1 is 1.38 bits per heavy atom. The maximum absolute atomic E-state index is 11.0. The fourth-order valence-electron chi connectivity index (χ4n) is 0.908. The average molecular weight is 226 g/mol. The molecule has 0 atom stereocenters. The zero-order valence-corrected chi connectivity index (χ0v) is 9.01. The van der Waals surface area contributed by atoms with Gasteiger partial charge in [0, 0.05) is 18.1 Å². The minimum absolute atomic E-state index is 0.238. The Hall–Kier alpha value is -1.85. The second kappa shape index (κ2) is 5.89. The van der Waals surface area contributed by atoms with E-state index in [9.17, 15) is 9.59 Å². The molecule has 1 saturated carbocycles. The van der Waals surface area contributed by atoms with Gasteiger partial charge in [-0.25, -0.2) is 9.59 Å². The van der Waals surface area contributed by atoms with Crippen LogP contribution in [-0.2, 0) is 19.2 Å². The molecule has 0 aliphatic heterocycles. The van der Waals surface area contributed by atoms with Gasteiger partial charge in [-0.2, -0.15) is 0 Å². The van der Waals surface area contributed by atoms with E-state index >= 15 is 0 Å². The Balaban J connectivity index is 2.29. The van der Waals surface area contributed by atoms with Crippen LogP contribution in [-0.4, -0.2) is 24.4 Å². The number of carbonyl (C=O) groups excluding carboxylic acids is 2. The molecule has 1 aliphatic carbocycles. The highest BCUT2D eigenvalue weighted by Gasteiger charge is 2.26. The lowest BCUT2D eigenvalue weighted by Gasteiger charge is -1.96. The lowest BCUT2D eigenvalue weighted by atomic mass is 10.4. The van der Waals surface area contributed by atoms with Crippen LogP contribution in [0.5, 0.6) is 0 Å². The van der Waals surface area contributed by atoms with Gasteiger partial charge in [-0.1, -0.05) is 5.16 Å². The molecule has 1 rings (SSSR count). The first-order valence-corrected chi connectivity index (χ1v) is 5.02. The van der Waals surface area contributed by atoms with E-state index in [1.165, 1.54) is 0 Å². The van der Waals surface area contributed by atoms with Crippen molar-refractivity contribution in [2.24, 2.45) is 16.8 Å². The van der Waals surface area contributed by atoms with E-state index in [1.807, 2.05) is 0 Å². The van der Waals surface area contributed by atoms with Gasteiger partial charge in [0.15, 0.2) is 0 Å². The summed E-state index contributed by atoms with van der Waals surface area (Å²) < 4.78 is 4.57. The van der Waals surface area contributed by atoms with Crippen LogP contribution < -0.4 is 5.73 Å². The highest BCUT2D eigenvalue weighted by Crippen LogP contribution is 2.28. The van der Waals surface area contributed by atoms with Gasteiger partial charge in [0.1, 0.15) is 5.84 Å². The van der Waals surface area contributed by atoms with Gasteiger partial charge in [-0.3, -0.25) is 0 Å². The Morgan fingerprint density at radius 3 is 2.56 bits per heavy atom. The number of carbonyl (C=O) groups is 2. The molecule has 6 nitrogen and oxygen atoms in total. The summed E-state index contributed by atoms with van der Waals surface area (Å²) in [6, 6.07) is 0. The topological polar surface area (TPSA) is 91.0 Å². The van der Waals surface area contributed by atoms with Crippen LogP contribution in [0.4, 0.5) is 0 Å². The fourth-order valence-corrected chi connectivity index (χ4v) is 0.908. The third-order valence-corrected chi connectivity index (χ3v) is 1.88. The van der Waals surface area contributed by atoms with Crippen LogP contribution in [0.25, 0.3) is 0 Å². The standard InChI is InChI=1S/C10H14N2O4/c1-2-15-8(13)5-6-9(14)16-12-10(11)7-3-4-7/h5-7H,2-4H2,1H3,(H2,11,12)/b6-5+. The maximum Gasteiger partial charge on any atom is 0.358 e. The quantitative estimate of drug-likeness (QED) is 0.182. The van der Waals surface area contributed by atoms with Crippen molar-refractivity contribution in [3.8, 4) is 0 Å². The van der Waals surface area contributed by atoms with Crippen molar-refractivity contribution in [2.75, 3.05) is 6.61 Å². The lowest BCUT2D eigenvalue weighted by Crippen LogP contribution is -2.15. The number of hydrogen-bond acceptors (Lipinski definition) is 5. The fraction of sp³-hybridized carbons (Fsp3) is 0.500. The molecule has 88 valence electrons. The largest absolute Gasteiger partial charge is 0.463 e. The molecule has 0 amide bonds. The van der Waals surface area contributed by atoms with Crippen LogP contribution >= 0.6 is 0 Å². The second-order valence-electron chi connectivity index (χ2n) is 3.29. The summed E-state index contributed by atoms with van der Waals surface area (Å²) >= 11 is 0. The van der Waals surface area contributed by atoms with Gasteiger partial charge in [0.2, 0.25) is 0 Å². The van der Waals surface area contributed by atoms with Crippen LogP contribution in [0.15, 0.2) is 17.3 Å². The van der Waals surface area contributed by atoms with Gasteiger partial charge in [0.05, 0.1) is 6.61 Å². The summed E-state index contributed by atoms with van der Waals surface area (Å²) in [5.74, 6) is -0.796. The summed E-state index contributed by atoms with van der Waals surface area (Å²) in [4.78, 5) is 26.3. The zero-order chi connectivity index (χ0) is 12.0. The molecule has 0 saturated heterocycles. The summed E-state index contributed by atoms with van der Waals surface area (Å²) in [5, 5.41) is 3.45. The first-order chi connectivity index (χ1) is 7.63. The van der Waals surface area contributed by atoms with Crippen molar-refractivity contribution in [1.29, 1.82) is 0 Å². The molecule has 16 heavy (non-hydrogen) atoms. The number of hydrogen-bond donors (Lipinski definition) is 1. The van der Waals surface area contributed by atoms with Crippen LogP contribution in [0.1, 0.15) is 19.8 Å². The van der Waals surface area contributed by atoms with Crippen molar-refractivity contribution < 1.29 is 19.2 Å². The zero-order valence-electron chi connectivity index (χ0n) is 9.01. The lowest BCUT2D eigenvalue weighted by molar-refractivity contribution is -0.140. The molecular formula is C10H14N2O4. The van der Waals surface area contributed by atoms with E-state index in [1.54, 1.807) is 6.92 Å². The summed E-state index contributed by atoms with van der Waals surface area (Å²) in [6.07, 6.45) is 3.88. The molecule has 0 heterocycles. The van der Waals surface area contributed by atoms with Crippen LogP contribution in [0.2, 0.25) is 0 Å². The number of ether oxygens (including phenoxy) is 1. The van der Waals surface area contributed by atoms with Gasteiger partial charge < -0.3 is 15.3 Å². The molecule has 1 fully saturated rings. The molecule has 0 aromatic rings. The Morgan fingerprint density at radius 2 is 2.00 bits per heavy atom. The van der Waals surface area contributed by atoms with Crippen molar-refractivity contribution >= 4 is 17.8 Å². The van der Waals surface area contributed by atoms with Crippen molar-refractivity contribution in [1.82, 2.24) is 0 Å². The SMILES string of the molecule is CCOC(=O)/C=C/C(=O)O/N=C(\N)C1CC1. The van der Waals surface area contributed by atoms with Crippen molar-refractivity contribution in [3.05, 3.63) is 12.2 Å². The normalized spacial score (nSPS) is 16.2. The summed E-state index contributed by atoms with van der Waals surface area (Å²) in [7, 11) is 0. The molecule has 0 aromatic carbocycles. The number of oxime groups is 1. The molecule has 0 radical (unpaired) electrons. The highest BCUT2D eigenvalue weighted by molar-refractivity contribution is 5.92. The number of nitrogens with two attached hydrogens (primary N) is 1. The van der Waals surface area contributed by atoms with Gasteiger partial charge >= 0.3 is 11.9 Å². The molecule has 2 N–H and O–H groups in total. The van der Waals surface area contributed by atoms with Crippen molar-refractivity contribution in [3.63, 3.8) is 0 Å². The summed E-state index contributed by atoms with van der Waals surface area (Å²) in [6.45, 7) is 1.93. The first kappa shape index (κ1) is 12.2. The second-order valence-corrected chi connectivity index (χ2v) is 3.29. The molecule has 6 heteroatoms. The highest BCUT2D eigenvalue weighted by atomic mass is 16.7. The van der Waals surface area contributed by atoms with Gasteiger partial charge in [-0.05, 0) is 19.8 Å². The van der Waals surface area contributed by atoms with Gasteiger partial charge in [-0.15, -0.1) is 0 Å². The van der Waals surface area contributed by atoms with E-state index in [2.05, 4.69) is 14.7 Å². The third-order valence-electron chi connectivity index (χ3n) is 1.88. The van der Waals surface area contributed by atoms with E-state index in [-0.39, 0.29) is 12.5 Å². The molecule has 0 aromatic heterocycles. The summed E-state index contributed by atoms with van der Waals surface area (Å²) in [5.41, 5.74) is 5.49. The monoisotopic (exact) mass is 226 g/mol. The molecule has 0 spiro atoms.